The molecule has 1 aromatic rings. The molecule has 0 bridgehead atoms. The smallest absolute Gasteiger partial charge is 0.116 e. The average molecular weight is 228 g/mol. The molecule has 1 aromatic heterocycles. The molecule has 1 unspecified atom stereocenters. The van der Waals surface area contributed by atoms with E-state index in [1.165, 1.54) is 12.8 Å². The third-order valence-corrected chi connectivity index (χ3v) is 3.67. The molecule has 0 spiro atoms. The van der Waals surface area contributed by atoms with E-state index in [-0.39, 0.29) is 0 Å². The number of aromatic nitrogens is 2. The summed E-state index contributed by atoms with van der Waals surface area (Å²) < 4.78 is 0. The molecule has 0 aromatic carbocycles. The van der Waals surface area contributed by atoms with Crippen molar-refractivity contribution in [2.75, 3.05) is 11.5 Å². The van der Waals surface area contributed by atoms with Gasteiger partial charge in [-0.15, -0.1) is 11.8 Å². The van der Waals surface area contributed by atoms with E-state index in [0.717, 1.165) is 16.5 Å². The van der Waals surface area contributed by atoms with Crippen molar-refractivity contribution in [2.24, 2.45) is 5.92 Å². The second-order valence-corrected chi connectivity index (χ2v) is 4.60. The first kappa shape index (κ1) is 11.9. The predicted molar refractivity (Wildman–Crippen MR) is 65.0 cm³/mol. The molecule has 0 saturated carbocycles. The Kier molecular flexibility index (Phi) is 6.03. The molecular formula is C10H16N2S2. The van der Waals surface area contributed by atoms with E-state index in [0.29, 0.717) is 5.92 Å². The Morgan fingerprint density at radius 1 is 1.57 bits per heavy atom. The van der Waals surface area contributed by atoms with Gasteiger partial charge in [-0.2, -0.15) is 12.6 Å². The summed E-state index contributed by atoms with van der Waals surface area (Å²) in [5, 5.41) is 1.06. The zero-order valence-corrected chi connectivity index (χ0v) is 10.1. The summed E-state index contributed by atoms with van der Waals surface area (Å²) in [7, 11) is 0. The van der Waals surface area contributed by atoms with Gasteiger partial charge in [0.05, 0.1) is 5.03 Å². The number of rotatable bonds is 6. The summed E-state index contributed by atoms with van der Waals surface area (Å²) in [4.78, 5) is 8.06. The Morgan fingerprint density at radius 2 is 2.43 bits per heavy atom. The summed E-state index contributed by atoms with van der Waals surface area (Å²) in [6, 6.07) is 1.95. The van der Waals surface area contributed by atoms with Crippen LogP contribution in [0, 0.1) is 5.92 Å². The van der Waals surface area contributed by atoms with Crippen LogP contribution in [0.25, 0.3) is 0 Å². The molecule has 2 nitrogen and oxygen atoms in total. The van der Waals surface area contributed by atoms with Crippen LogP contribution in [-0.4, -0.2) is 21.5 Å². The fourth-order valence-corrected chi connectivity index (χ4v) is 2.66. The van der Waals surface area contributed by atoms with Crippen LogP contribution in [0.3, 0.4) is 0 Å². The molecular weight excluding hydrogens is 212 g/mol. The van der Waals surface area contributed by atoms with Crippen LogP contribution < -0.4 is 0 Å². The second kappa shape index (κ2) is 7.12. The molecule has 4 heteroatoms. The van der Waals surface area contributed by atoms with Crippen molar-refractivity contribution in [3.63, 3.8) is 0 Å². The number of hydrogen-bond acceptors (Lipinski definition) is 4. The van der Waals surface area contributed by atoms with Crippen molar-refractivity contribution in [3.8, 4) is 0 Å². The highest BCUT2D eigenvalue weighted by atomic mass is 32.2. The summed E-state index contributed by atoms with van der Waals surface area (Å²) >= 11 is 6.14. The number of nitrogens with zero attached hydrogens (tertiary/aromatic N) is 2. The molecule has 0 aliphatic heterocycles. The lowest BCUT2D eigenvalue weighted by Gasteiger charge is -2.11. The summed E-state index contributed by atoms with van der Waals surface area (Å²) in [5.74, 6) is 2.77. The Bertz CT molecular complexity index is 241. The van der Waals surface area contributed by atoms with E-state index in [2.05, 4.69) is 29.5 Å². The number of hydrogen-bond donors (Lipinski definition) is 1. The van der Waals surface area contributed by atoms with Crippen LogP contribution >= 0.6 is 24.4 Å². The lowest BCUT2D eigenvalue weighted by atomic mass is 10.1. The molecule has 0 N–H and O–H groups in total. The van der Waals surface area contributed by atoms with Crippen molar-refractivity contribution < 1.29 is 0 Å². The maximum atomic E-state index is 4.35. The standard InChI is InChI=1S/C10H16N2S2/c1-2-3-9(6-13)7-14-10-4-5-11-8-12-10/h4-5,8-9,13H,2-3,6-7H2,1H3. The van der Waals surface area contributed by atoms with Gasteiger partial charge in [-0.05, 0) is 24.2 Å². The average Bonchev–Trinajstić information content (AvgIpc) is 2.25. The Morgan fingerprint density at radius 3 is 3.00 bits per heavy atom. The van der Waals surface area contributed by atoms with E-state index in [4.69, 9.17) is 0 Å². The van der Waals surface area contributed by atoms with E-state index >= 15 is 0 Å². The van der Waals surface area contributed by atoms with Crippen LogP contribution in [0.15, 0.2) is 23.6 Å². The zero-order valence-electron chi connectivity index (χ0n) is 8.39. The van der Waals surface area contributed by atoms with Crippen LogP contribution in [0.4, 0.5) is 0 Å². The molecule has 0 saturated heterocycles. The number of thiol groups is 1. The highest BCUT2D eigenvalue weighted by Gasteiger charge is 2.06. The minimum Gasteiger partial charge on any atom is -0.245 e. The zero-order chi connectivity index (χ0) is 10.2. The normalized spacial score (nSPS) is 12.7. The van der Waals surface area contributed by atoms with Gasteiger partial charge in [0.1, 0.15) is 6.33 Å². The fourth-order valence-electron chi connectivity index (χ4n) is 1.20. The quantitative estimate of drug-likeness (QED) is 0.460. The van der Waals surface area contributed by atoms with E-state index in [1.54, 1.807) is 24.3 Å². The van der Waals surface area contributed by atoms with Crippen molar-refractivity contribution in [3.05, 3.63) is 18.6 Å². The molecule has 0 amide bonds. The van der Waals surface area contributed by atoms with Gasteiger partial charge in [0.2, 0.25) is 0 Å². The summed E-state index contributed by atoms with van der Waals surface area (Å²) in [5.41, 5.74) is 0. The van der Waals surface area contributed by atoms with Crippen molar-refractivity contribution in [2.45, 2.75) is 24.8 Å². The Hall–Kier alpha value is -0.220. The van der Waals surface area contributed by atoms with Gasteiger partial charge >= 0.3 is 0 Å². The predicted octanol–water partition coefficient (Wildman–Crippen LogP) is 2.91. The SMILES string of the molecule is CCCC(CS)CSc1ccncn1. The minimum atomic E-state index is 0.697. The molecule has 14 heavy (non-hydrogen) atoms. The molecule has 78 valence electrons. The van der Waals surface area contributed by atoms with E-state index < -0.39 is 0 Å². The maximum absolute atomic E-state index is 4.35. The third-order valence-electron chi connectivity index (χ3n) is 1.98. The molecule has 0 radical (unpaired) electrons. The topological polar surface area (TPSA) is 25.8 Å². The molecule has 0 aliphatic rings. The molecule has 1 atom stereocenters. The van der Waals surface area contributed by atoms with Gasteiger partial charge in [0, 0.05) is 11.9 Å². The largest absolute Gasteiger partial charge is 0.245 e. The molecule has 0 aliphatic carbocycles. The van der Waals surface area contributed by atoms with Gasteiger partial charge in [0.25, 0.3) is 0 Å². The first-order chi connectivity index (χ1) is 6.86. The van der Waals surface area contributed by atoms with E-state index in [1.807, 2.05) is 6.07 Å². The monoisotopic (exact) mass is 228 g/mol. The lowest BCUT2D eigenvalue weighted by Crippen LogP contribution is -2.05. The fraction of sp³-hybridized carbons (Fsp3) is 0.600. The molecule has 1 heterocycles. The summed E-state index contributed by atoms with van der Waals surface area (Å²) in [6.45, 7) is 2.21. The third kappa shape index (κ3) is 4.33. The highest BCUT2D eigenvalue weighted by Crippen LogP contribution is 2.20. The van der Waals surface area contributed by atoms with Gasteiger partial charge in [0.15, 0.2) is 0 Å². The first-order valence-electron chi connectivity index (χ1n) is 4.86. The minimum absolute atomic E-state index is 0.697. The van der Waals surface area contributed by atoms with Crippen LogP contribution in [0.1, 0.15) is 19.8 Å². The van der Waals surface area contributed by atoms with Gasteiger partial charge in [-0.1, -0.05) is 13.3 Å². The van der Waals surface area contributed by atoms with E-state index in [9.17, 15) is 0 Å². The van der Waals surface area contributed by atoms with Gasteiger partial charge in [-0.25, -0.2) is 9.97 Å². The molecule has 0 fully saturated rings. The van der Waals surface area contributed by atoms with Gasteiger partial charge in [-0.3, -0.25) is 0 Å². The number of thioether (sulfide) groups is 1. The van der Waals surface area contributed by atoms with Crippen molar-refractivity contribution in [1.82, 2.24) is 9.97 Å². The van der Waals surface area contributed by atoms with Crippen molar-refractivity contribution >= 4 is 24.4 Å². The first-order valence-corrected chi connectivity index (χ1v) is 6.48. The Labute approximate surface area is 95.3 Å². The van der Waals surface area contributed by atoms with Crippen LogP contribution in [0.2, 0.25) is 0 Å². The van der Waals surface area contributed by atoms with Gasteiger partial charge < -0.3 is 0 Å². The Balaban J connectivity index is 2.32. The maximum Gasteiger partial charge on any atom is 0.116 e. The lowest BCUT2D eigenvalue weighted by molar-refractivity contribution is 0.595. The summed E-state index contributed by atoms with van der Waals surface area (Å²) in [6.07, 6.45) is 5.86. The van der Waals surface area contributed by atoms with Crippen LogP contribution in [-0.2, 0) is 0 Å². The highest BCUT2D eigenvalue weighted by molar-refractivity contribution is 7.99. The van der Waals surface area contributed by atoms with Crippen molar-refractivity contribution in [1.29, 1.82) is 0 Å². The van der Waals surface area contributed by atoms with Crippen LogP contribution in [0.5, 0.6) is 0 Å². The molecule has 1 rings (SSSR count). The second-order valence-electron chi connectivity index (χ2n) is 3.20.